The van der Waals surface area contributed by atoms with E-state index in [0.717, 1.165) is 80.0 Å². The van der Waals surface area contributed by atoms with Crippen LogP contribution in [-0.2, 0) is 9.53 Å². The molecule has 0 bridgehead atoms. The number of hydrogen-bond donors (Lipinski definition) is 1. The van der Waals surface area contributed by atoms with Gasteiger partial charge in [0.05, 0.1) is 6.10 Å². The highest BCUT2D eigenvalue weighted by molar-refractivity contribution is 5.69. The number of aliphatic hydroxyl groups is 1. The van der Waals surface area contributed by atoms with Gasteiger partial charge in [0, 0.05) is 6.42 Å². The lowest BCUT2D eigenvalue weighted by molar-refractivity contribution is -0.162. The van der Waals surface area contributed by atoms with Gasteiger partial charge in [0.1, 0.15) is 6.10 Å². The Morgan fingerprint density at radius 3 is 2.00 bits per heavy atom. The molecule has 10 atom stereocenters. The average molecular weight is 671 g/mol. The number of fused-ring (bicyclic) bond motifs is 5. The highest BCUT2D eigenvalue weighted by atomic mass is 16.5. The summed E-state index contributed by atoms with van der Waals surface area (Å²) in [5.41, 5.74) is 1.04. The smallest absolute Gasteiger partial charge is 0.306 e. The first-order chi connectivity index (χ1) is 23.1. The van der Waals surface area contributed by atoms with Crippen molar-refractivity contribution >= 4 is 5.97 Å². The molecule has 4 saturated carbocycles. The Labute approximate surface area is 299 Å². The molecule has 0 aliphatic heterocycles. The minimum absolute atomic E-state index is 0.0680. The number of carbonyl (C=O) groups excluding carboxylic acids is 1. The van der Waals surface area contributed by atoms with Gasteiger partial charge in [-0.15, -0.1) is 0 Å². The Balaban J connectivity index is 1.08. The SMILES string of the molecule is CCCCCCC(O)CCCCCCCCCCC(=O)OC1CC[C@@]2(C)C(CCC3C2CC[C@@]2(C)C3CC[C@@H]2[C@H](C)CCCC(C)C)C1. The molecule has 48 heavy (non-hydrogen) atoms. The third kappa shape index (κ3) is 11.0. The number of hydrogen-bond acceptors (Lipinski definition) is 3. The van der Waals surface area contributed by atoms with E-state index < -0.39 is 0 Å². The average Bonchev–Trinajstić information content (AvgIpc) is 3.41. The summed E-state index contributed by atoms with van der Waals surface area (Å²) < 4.78 is 6.16. The van der Waals surface area contributed by atoms with Crippen LogP contribution in [0, 0.1) is 52.3 Å². The molecule has 0 radical (unpaired) electrons. The lowest BCUT2D eigenvalue weighted by atomic mass is 9.44. The highest BCUT2D eigenvalue weighted by Crippen LogP contribution is 2.68. The lowest BCUT2D eigenvalue weighted by Gasteiger charge is -2.61. The second-order valence-corrected chi connectivity index (χ2v) is 18.9. The van der Waals surface area contributed by atoms with Crippen molar-refractivity contribution < 1.29 is 14.6 Å². The molecule has 4 aliphatic carbocycles. The van der Waals surface area contributed by atoms with Crippen molar-refractivity contribution in [3.63, 3.8) is 0 Å². The Morgan fingerprint density at radius 1 is 0.688 bits per heavy atom. The first-order valence-corrected chi connectivity index (χ1v) is 22.0. The number of ether oxygens (including phenoxy) is 1. The van der Waals surface area contributed by atoms with Crippen LogP contribution in [0.25, 0.3) is 0 Å². The second-order valence-electron chi connectivity index (χ2n) is 18.9. The molecular weight excluding hydrogens is 588 g/mol. The summed E-state index contributed by atoms with van der Waals surface area (Å²) in [6.07, 6.45) is 33.7. The van der Waals surface area contributed by atoms with Crippen molar-refractivity contribution in [3.8, 4) is 0 Å². The Kier molecular flexibility index (Phi) is 16.7. The monoisotopic (exact) mass is 671 g/mol. The van der Waals surface area contributed by atoms with E-state index in [-0.39, 0.29) is 18.2 Å². The topological polar surface area (TPSA) is 46.5 Å². The summed E-state index contributed by atoms with van der Waals surface area (Å²) in [5.74, 6) is 6.27. The van der Waals surface area contributed by atoms with E-state index >= 15 is 0 Å². The summed E-state index contributed by atoms with van der Waals surface area (Å²) in [4.78, 5) is 12.8. The molecule has 0 amide bonds. The van der Waals surface area contributed by atoms with E-state index in [2.05, 4.69) is 41.5 Å². The molecular formula is C45H82O3. The molecule has 280 valence electrons. The number of unbranched alkanes of at least 4 members (excludes halogenated alkanes) is 10. The second kappa shape index (κ2) is 19.9. The zero-order valence-electron chi connectivity index (χ0n) is 33.1. The maximum atomic E-state index is 12.8. The van der Waals surface area contributed by atoms with E-state index in [1.807, 2.05) is 0 Å². The summed E-state index contributed by atoms with van der Waals surface area (Å²) in [6.45, 7) is 15.0. The molecule has 4 aliphatic rings. The Morgan fingerprint density at radius 2 is 1.31 bits per heavy atom. The molecule has 0 aromatic rings. The molecule has 0 aromatic carbocycles. The summed E-state index contributed by atoms with van der Waals surface area (Å²) >= 11 is 0. The van der Waals surface area contributed by atoms with Crippen LogP contribution in [0.3, 0.4) is 0 Å². The summed E-state index contributed by atoms with van der Waals surface area (Å²) in [7, 11) is 0. The molecule has 0 aromatic heterocycles. The number of esters is 1. The van der Waals surface area contributed by atoms with Crippen LogP contribution in [0.4, 0.5) is 0 Å². The van der Waals surface area contributed by atoms with Crippen LogP contribution >= 0.6 is 0 Å². The van der Waals surface area contributed by atoms with E-state index in [1.54, 1.807) is 0 Å². The molecule has 1 N–H and O–H groups in total. The van der Waals surface area contributed by atoms with E-state index in [0.29, 0.717) is 17.3 Å². The van der Waals surface area contributed by atoms with Gasteiger partial charge in [-0.3, -0.25) is 4.79 Å². The maximum Gasteiger partial charge on any atom is 0.306 e. The lowest BCUT2D eigenvalue weighted by Crippen LogP contribution is -2.54. The molecule has 0 spiro atoms. The Hall–Kier alpha value is -0.570. The zero-order chi connectivity index (χ0) is 34.6. The molecule has 6 unspecified atom stereocenters. The van der Waals surface area contributed by atoms with Gasteiger partial charge in [-0.25, -0.2) is 0 Å². The first-order valence-electron chi connectivity index (χ1n) is 22.0. The fourth-order valence-electron chi connectivity index (χ4n) is 12.3. The number of carbonyl (C=O) groups is 1. The van der Waals surface area contributed by atoms with Crippen LogP contribution in [0.5, 0.6) is 0 Å². The van der Waals surface area contributed by atoms with Crippen LogP contribution in [-0.4, -0.2) is 23.3 Å². The van der Waals surface area contributed by atoms with Crippen molar-refractivity contribution in [2.75, 3.05) is 0 Å². The van der Waals surface area contributed by atoms with E-state index in [9.17, 15) is 9.90 Å². The van der Waals surface area contributed by atoms with E-state index in [4.69, 9.17) is 4.74 Å². The maximum absolute atomic E-state index is 12.8. The van der Waals surface area contributed by atoms with Gasteiger partial charge >= 0.3 is 5.97 Å². The van der Waals surface area contributed by atoms with Gasteiger partial charge in [0.25, 0.3) is 0 Å². The largest absolute Gasteiger partial charge is 0.462 e. The highest BCUT2D eigenvalue weighted by Gasteiger charge is 2.60. The fourth-order valence-corrected chi connectivity index (χ4v) is 12.3. The van der Waals surface area contributed by atoms with Crippen molar-refractivity contribution in [3.05, 3.63) is 0 Å². The van der Waals surface area contributed by atoms with Gasteiger partial charge in [-0.2, -0.15) is 0 Å². The molecule has 0 saturated heterocycles. The normalized spacial score (nSPS) is 34.3. The molecule has 3 nitrogen and oxygen atoms in total. The van der Waals surface area contributed by atoms with Crippen LogP contribution < -0.4 is 0 Å². The minimum atomic E-state index is -0.0820. The fraction of sp³-hybridized carbons (Fsp3) is 0.978. The van der Waals surface area contributed by atoms with E-state index in [1.165, 1.54) is 128 Å². The standard InChI is InChI=1S/C45H82O3/c1-7-8-9-16-22-37(46)23-17-14-12-10-11-13-15-18-24-43(47)48-38-29-31-44(5)36(33-38)25-26-39-41-28-27-40(35(4)21-19-20-34(2)3)45(41,6)32-30-42(39)44/h34-42,46H,7-33H2,1-6H3/t35-,36?,37?,38?,39?,40-,41?,42?,44+,45-/m1/s1. The predicted octanol–water partition coefficient (Wildman–Crippen LogP) is 13.3. The third-order valence-corrected chi connectivity index (χ3v) is 15.2. The van der Waals surface area contributed by atoms with Crippen molar-refractivity contribution in [1.82, 2.24) is 0 Å². The summed E-state index contributed by atoms with van der Waals surface area (Å²) in [5, 5.41) is 10.1. The number of aliphatic hydroxyl groups excluding tert-OH is 1. The van der Waals surface area contributed by atoms with Crippen molar-refractivity contribution in [1.29, 1.82) is 0 Å². The molecule has 0 heterocycles. The predicted molar refractivity (Wildman–Crippen MR) is 204 cm³/mol. The first kappa shape index (κ1) is 40.2. The molecule has 4 rings (SSSR count). The van der Waals surface area contributed by atoms with Gasteiger partial charge < -0.3 is 9.84 Å². The minimum Gasteiger partial charge on any atom is -0.462 e. The van der Waals surface area contributed by atoms with Crippen LogP contribution in [0.15, 0.2) is 0 Å². The van der Waals surface area contributed by atoms with Gasteiger partial charge in [0.2, 0.25) is 0 Å². The van der Waals surface area contributed by atoms with Crippen LogP contribution in [0.2, 0.25) is 0 Å². The quantitative estimate of drug-likeness (QED) is 0.0921. The Bertz CT molecular complexity index is 914. The number of rotatable bonds is 22. The van der Waals surface area contributed by atoms with Crippen molar-refractivity contribution in [2.45, 2.75) is 227 Å². The van der Waals surface area contributed by atoms with Crippen molar-refractivity contribution in [2.24, 2.45) is 52.3 Å². The van der Waals surface area contributed by atoms with Gasteiger partial charge in [0.15, 0.2) is 0 Å². The molecule has 3 heteroatoms. The third-order valence-electron chi connectivity index (χ3n) is 15.2. The summed E-state index contributed by atoms with van der Waals surface area (Å²) in [6, 6.07) is 0. The molecule has 4 fully saturated rings. The van der Waals surface area contributed by atoms with Crippen LogP contribution in [0.1, 0.15) is 215 Å². The van der Waals surface area contributed by atoms with Gasteiger partial charge in [-0.05, 0) is 129 Å². The zero-order valence-corrected chi connectivity index (χ0v) is 33.1. The van der Waals surface area contributed by atoms with Gasteiger partial charge in [-0.1, -0.05) is 131 Å².